The summed E-state index contributed by atoms with van der Waals surface area (Å²) in [5.74, 6) is 0.772. The van der Waals surface area contributed by atoms with Gasteiger partial charge in [-0.05, 0) is 0 Å². The van der Waals surface area contributed by atoms with Crippen LogP contribution >= 0.6 is 0 Å². The third-order valence-electron chi connectivity index (χ3n) is 2.52. The first-order chi connectivity index (χ1) is 6.09. The van der Waals surface area contributed by atoms with Crippen molar-refractivity contribution < 1.29 is 0 Å². The van der Waals surface area contributed by atoms with Crippen LogP contribution in [-0.2, 0) is 0 Å². The molecule has 2 nitrogen and oxygen atoms in total. The third-order valence-corrected chi connectivity index (χ3v) is 8.23. The van der Waals surface area contributed by atoms with E-state index >= 15 is 0 Å². The van der Waals surface area contributed by atoms with Gasteiger partial charge in [-0.15, -0.1) is 0 Å². The minimum absolute atomic E-state index is 0.772. The van der Waals surface area contributed by atoms with E-state index in [-0.39, 0.29) is 0 Å². The quantitative estimate of drug-likeness (QED) is 0.775. The summed E-state index contributed by atoms with van der Waals surface area (Å²) < 4.78 is 1.53. The fraction of sp³-hybridized carbons (Fsp3) is 0.600. The maximum absolute atomic E-state index is 4.45. The van der Waals surface area contributed by atoms with Gasteiger partial charge in [-0.2, -0.15) is 0 Å². The summed E-state index contributed by atoms with van der Waals surface area (Å²) in [5.41, 5.74) is 1.37. The number of hydrogen-bond donors (Lipinski definition) is 0. The van der Waals surface area contributed by atoms with Crippen LogP contribution in [0.1, 0.15) is 24.5 Å². The van der Waals surface area contributed by atoms with Crippen molar-refractivity contribution >= 4 is 22.0 Å². The van der Waals surface area contributed by atoms with Crippen LogP contribution in [0, 0.1) is 0 Å². The summed E-state index contributed by atoms with van der Waals surface area (Å²) in [6.45, 7) is 0. The first-order valence-corrected chi connectivity index (χ1v) is 14.9. The van der Waals surface area contributed by atoms with Gasteiger partial charge in [-0.1, -0.05) is 0 Å². The van der Waals surface area contributed by atoms with Crippen molar-refractivity contribution in [3.05, 3.63) is 18.2 Å². The molecule has 0 aromatic carbocycles. The normalized spacial score (nSPS) is 17.5. The summed E-state index contributed by atoms with van der Waals surface area (Å²) in [6, 6.07) is 0. The number of nitrogens with zero attached hydrogens (tertiary/aromatic N) is 2. The van der Waals surface area contributed by atoms with Crippen LogP contribution in [0.2, 0.25) is 14.8 Å². The maximum atomic E-state index is 4.45. The van der Waals surface area contributed by atoms with Crippen LogP contribution in [0.25, 0.3) is 0 Å². The predicted molar refractivity (Wildman–Crippen MR) is 57.0 cm³/mol. The van der Waals surface area contributed by atoms with E-state index in [0.29, 0.717) is 0 Å². The van der Waals surface area contributed by atoms with E-state index < -0.39 is 18.4 Å². The van der Waals surface area contributed by atoms with E-state index in [1.165, 1.54) is 22.1 Å². The van der Waals surface area contributed by atoms with Crippen LogP contribution in [0.15, 0.2) is 12.5 Å². The van der Waals surface area contributed by atoms with Gasteiger partial charge < -0.3 is 0 Å². The second-order valence-electron chi connectivity index (χ2n) is 4.85. The fourth-order valence-electron chi connectivity index (χ4n) is 1.60. The van der Waals surface area contributed by atoms with Gasteiger partial charge in [0, 0.05) is 0 Å². The van der Waals surface area contributed by atoms with E-state index in [1.54, 1.807) is 6.33 Å². The molecule has 0 N–H and O–H groups in total. The fourth-order valence-corrected chi connectivity index (χ4v) is 5.88. The molecule has 0 spiro atoms. The molecule has 0 atom stereocenters. The second kappa shape index (κ2) is 3.22. The van der Waals surface area contributed by atoms with Crippen LogP contribution in [0.5, 0.6) is 0 Å². The summed E-state index contributed by atoms with van der Waals surface area (Å²) in [5, 5.41) is 0. The molecular weight excluding hydrogens is 267 g/mol. The van der Waals surface area contributed by atoms with Gasteiger partial charge >= 0.3 is 83.7 Å². The monoisotopic (exact) mass is 284 g/mol. The first kappa shape index (κ1) is 9.43. The van der Waals surface area contributed by atoms with Gasteiger partial charge in [0.05, 0.1) is 0 Å². The van der Waals surface area contributed by atoms with E-state index in [9.17, 15) is 0 Å². The molecule has 0 radical (unpaired) electrons. The standard InChI is InChI=1S/C7H7N2.3CH3.Sn/c1-2-6(1)7-3-4-8-5-9-7;;;;/h4-6H,1-2H2;3*1H3;. The van der Waals surface area contributed by atoms with Crippen molar-refractivity contribution in [1.82, 2.24) is 9.97 Å². The van der Waals surface area contributed by atoms with Crippen molar-refractivity contribution in [2.75, 3.05) is 0 Å². The Labute approximate surface area is 83.7 Å². The van der Waals surface area contributed by atoms with E-state index in [0.717, 1.165) is 5.92 Å². The Balaban J connectivity index is 2.43. The Morgan fingerprint density at radius 3 is 2.54 bits per heavy atom. The van der Waals surface area contributed by atoms with Crippen molar-refractivity contribution in [3.8, 4) is 0 Å². The van der Waals surface area contributed by atoms with Crippen molar-refractivity contribution in [3.63, 3.8) is 0 Å². The molecule has 0 bridgehead atoms. The summed E-state index contributed by atoms with van der Waals surface area (Å²) in [7, 11) is 0. The zero-order chi connectivity index (χ0) is 9.47. The molecule has 1 aromatic rings. The third kappa shape index (κ3) is 2.03. The van der Waals surface area contributed by atoms with E-state index in [1.807, 2.05) is 0 Å². The molecule has 1 aliphatic carbocycles. The summed E-state index contributed by atoms with van der Waals surface area (Å²) in [6.07, 6.45) is 6.45. The Morgan fingerprint density at radius 1 is 1.31 bits per heavy atom. The first-order valence-electron chi connectivity index (χ1n) is 4.89. The number of rotatable bonds is 2. The molecule has 1 saturated carbocycles. The zero-order valence-electron chi connectivity index (χ0n) is 8.54. The molecular formula is C10H16N2Sn. The van der Waals surface area contributed by atoms with Gasteiger partial charge in [-0.3, -0.25) is 0 Å². The molecule has 1 aromatic heterocycles. The number of aromatic nitrogens is 2. The molecule has 0 saturated heterocycles. The minimum atomic E-state index is -1.95. The average Bonchev–Trinajstić information content (AvgIpc) is 2.85. The van der Waals surface area contributed by atoms with Gasteiger partial charge in [0.2, 0.25) is 0 Å². The Bertz CT molecular complexity index is 313. The van der Waals surface area contributed by atoms with Crippen LogP contribution in [0.4, 0.5) is 0 Å². The SMILES string of the molecule is [CH3][Sn]([CH3])([CH3])[c]1cncnc1C1CC1. The Hall–Kier alpha value is -0.121. The molecule has 70 valence electrons. The van der Waals surface area contributed by atoms with Gasteiger partial charge in [0.15, 0.2) is 0 Å². The molecule has 1 aliphatic rings. The molecule has 1 fully saturated rings. The van der Waals surface area contributed by atoms with Crippen LogP contribution in [0.3, 0.4) is 0 Å². The molecule has 2 rings (SSSR count). The number of hydrogen-bond acceptors (Lipinski definition) is 2. The van der Waals surface area contributed by atoms with Gasteiger partial charge in [0.1, 0.15) is 0 Å². The van der Waals surface area contributed by atoms with Gasteiger partial charge in [-0.25, -0.2) is 0 Å². The van der Waals surface area contributed by atoms with Crippen molar-refractivity contribution in [1.29, 1.82) is 0 Å². The predicted octanol–water partition coefficient (Wildman–Crippen LogP) is 1.90. The second-order valence-corrected chi connectivity index (χ2v) is 19.2. The molecule has 3 heteroatoms. The average molecular weight is 283 g/mol. The van der Waals surface area contributed by atoms with Crippen LogP contribution in [-0.4, -0.2) is 28.3 Å². The topological polar surface area (TPSA) is 25.8 Å². The Morgan fingerprint density at radius 2 is 2.00 bits per heavy atom. The zero-order valence-corrected chi connectivity index (χ0v) is 11.4. The molecule has 1 heterocycles. The summed E-state index contributed by atoms with van der Waals surface area (Å²) in [4.78, 5) is 15.9. The molecule has 0 aliphatic heterocycles. The molecule has 13 heavy (non-hydrogen) atoms. The van der Waals surface area contributed by atoms with E-state index in [4.69, 9.17) is 0 Å². The Kier molecular flexibility index (Phi) is 2.34. The summed E-state index contributed by atoms with van der Waals surface area (Å²) >= 11 is -1.95. The van der Waals surface area contributed by atoms with Gasteiger partial charge in [0.25, 0.3) is 0 Å². The molecule has 0 unspecified atom stereocenters. The van der Waals surface area contributed by atoms with Crippen LogP contribution < -0.4 is 3.58 Å². The van der Waals surface area contributed by atoms with Crippen molar-refractivity contribution in [2.45, 2.75) is 33.6 Å². The van der Waals surface area contributed by atoms with E-state index in [2.05, 4.69) is 31.0 Å². The van der Waals surface area contributed by atoms with Crippen molar-refractivity contribution in [2.24, 2.45) is 0 Å². The molecule has 0 amide bonds.